The zero-order valence-electron chi connectivity index (χ0n) is 14.9. The average molecular weight is 342 g/mol. The lowest BCUT2D eigenvalue weighted by Gasteiger charge is -2.38. The van der Waals surface area contributed by atoms with Gasteiger partial charge in [-0.3, -0.25) is 14.5 Å². The van der Waals surface area contributed by atoms with Gasteiger partial charge in [0.2, 0.25) is 11.8 Å². The van der Waals surface area contributed by atoms with Gasteiger partial charge < -0.3 is 15.2 Å². The molecule has 1 aromatic carbocycles. The molecule has 1 aliphatic heterocycles. The molecule has 0 bridgehead atoms. The normalized spacial score (nSPS) is 18.5. The number of aromatic amines is 1. The Morgan fingerprint density at radius 1 is 1.28 bits per heavy atom. The van der Waals surface area contributed by atoms with Crippen molar-refractivity contribution in [2.75, 3.05) is 33.7 Å². The van der Waals surface area contributed by atoms with Crippen molar-refractivity contribution >= 4 is 22.7 Å². The van der Waals surface area contributed by atoms with Gasteiger partial charge in [0.05, 0.1) is 0 Å². The topological polar surface area (TPSA) is 68.4 Å². The summed E-state index contributed by atoms with van der Waals surface area (Å²) in [6.45, 7) is 1.89. The Kier molecular flexibility index (Phi) is 5.38. The van der Waals surface area contributed by atoms with Gasteiger partial charge in [0.15, 0.2) is 0 Å². The molecule has 1 fully saturated rings. The fraction of sp³-hybridized carbons (Fsp3) is 0.474. The van der Waals surface area contributed by atoms with E-state index in [9.17, 15) is 9.59 Å². The first-order valence-corrected chi connectivity index (χ1v) is 8.84. The highest BCUT2D eigenvalue weighted by atomic mass is 16.2. The molecule has 0 aliphatic carbocycles. The van der Waals surface area contributed by atoms with Gasteiger partial charge in [0.25, 0.3) is 0 Å². The summed E-state index contributed by atoms with van der Waals surface area (Å²) < 4.78 is 0. The van der Waals surface area contributed by atoms with E-state index in [0.717, 1.165) is 24.9 Å². The summed E-state index contributed by atoms with van der Waals surface area (Å²) in [6, 6.07) is 7.97. The fourth-order valence-electron chi connectivity index (χ4n) is 3.48. The molecule has 134 valence electrons. The molecule has 25 heavy (non-hydrogen) atoms. The van der Waals surface area contributed by atoms with E-state index in [4.69, 9.17) is 0 Å². The summed E-state index contributed by atoms with van der Waals surface area (Å²) in [4.78, 5) is 31.6. The molecule has 1 saturated heterocycles. The van der Waals surface area contributed by atoms with Gasteiger partial charge in [0.1, 0.15) is 6.04 Å². The van der Waals surface area contributed by atoms with Crippen LogP contribution in [-0.2, 0) is 16.0 Å². The molecule has 3 rings (SSSR count). The SMILES string of the molecule is CNC(=O)[C@@H]1CN(C(=O)CCCc2c[nH]c3ccccc23)CCN1C. The Bertz CT molecular complexity index is 755. The van der Waals surface area contributed by atoms with E-state index in [0.29, 0.717) is 19.5 Å². The molecular weight excluding hydrogens is 316 g/mol. The first-order chi connectivity index (χ1) is 12.1. The second-order valence-corrected chi connectivity index (χ2v) is 6.66. The number of amides is 2. The van der Waals surface area contributed by atoms with Crippen molar-refractivity contribution in [1.29, 1.82) is 0 Å². The number of aryl methyl sites for hydroxylation is 1. The van der Waals surface area contributed by atoms with Crippen LogP contribution in [0.4, 0.5) is 0 Å². The number of benzene rings is 1. The number of piperazine rings is 1. The van der Waals surface area contributed by atoms with E-state index in [1.54, 1.807) is 7.05 Å². The maximum absolute atomic E-state index is 12.5. The van der Waals surface area contributed by atoms with Crippen LogP contribution in [0.15, 0.2) is 30.5 Å². The summed E-state index contributed by atoms with van der Waals surface area (Å²) in [6.07, 6.45) is 4.25. The van der Waals surface area contributed by atoms with Crippen LogP contribution in [0.1, 0.15) is 18.4 Å². The minimum atomic E-state index is -0.253. The van der Waals surface area contributed by atoms with Gasteiger partial charge in [-0.15, -0.1) is 0 Å². The van der Waals surface area contributed by atoms with E-state index in [1.807, 2.05) is 35.2 Å². The predicted octanol–water partition coefficient (Wildman–Crippen LogP) is 1.38. The number of carbonyl (C=O) groups excluding carboxylic acids is 2. The van der Waals surface area contributed by atoms with Crippen LogP contribution in [0.25, 0.3) is 10.9 Å². The van der Waals surface area contributed by atoms with Crippen molar-refractivity contribution in [2.45, 2.75) is 25.3 Å². The molecule has 1 aromatic heterocycles. The largest absolute Gasteiger partial charge is 0.361 e. The number of H-pyrrole nitrogens is 1. The summed E-state index contributed by atoms with van der Waals surface area (Å²) in [5.74, 6) is 0.112. The number of nitrogens with one attached hydrogen (secondary N) is 2. The monoisotopic (exact) mass is 342 g/mol. The maximum Gasteiger partial charge on any atom is 0.238 e. The fourth-order valence-corrected chi connectivity index (χ4v) is 3.48. The van der Waals surface area contributed by atoms with Crippen LogP contribution in [-0.4, -0.2) is 66.4 Å². The van der Waals surface area contributed by atoms with Crippen molar-refractivity contribution in [1.82, 2.24) is 20.1 Å². The van der Waals surface area contributed by atoms with Gasteiger partial charge in [-0.1, -0.05) is 18.2 Å². The lowest BCUT2D eigenvalue weighted by atomic mass is 10.1. The third kappa shape index (κ3) is 3.85. The number of hydrogen-bond donors (Lipinski definition) is 2. The highest BCUT2D eigenvalue weighted by molar-refractivity contribution is 5.84. The van der Waals surface area contributed by atoms with E-state index in [2.05, 4.69) is 22.4 Å². The number of nitrogens with zero attached hydrogens (tertiary/aromatic N) is 2. The lowest BCUT2D eigenvalue weighted by Crippen LogP contribution is -2.58. The highest BCUT2D eigenvalue weighted by Crippen LogP contribution is 2.20. The van der Waals surface area contributed by atoms with Gasteiger partial charge in [-0.05, 0) is 31.5 Å². The van der Waals surface area contributed by atoms with E-state index in [-0.39, 0.29) is 17.9 Å². The first-order valence-electron chi connectivity index (χ1n) is 8.84. The number of para-hydroxylation sites is 1. The van der Waals surface area contributed by atoms with Crippen molar-refractivity contribution in [3.63, 3.8) is 0 Å². The Hall–Kier alpha value is -2.34. The standard InChI is InChI=1S/C19H26N4O2/c1-20-19(25)17-13-23(11-10-22(17)2)18(24)9-5-6-14-12-21-16-8-4-3-7-15(14)16/h3-4,7-8,12,17,21H,5-6,9-11,13H2,1-2H3,(H,20,25)/t17-/m0/s1. The maximum atomic E-state index is 12.5. The minimum Gasteiger partial charge on any atom is -0.361 e. The van der Waals surface area contributed by atoms with Crippen LogP contribution < -0.4 is 5.32 Å². The van der Waals surface area contributed by atoms with Gasteiger partial charge in [-0.25, -0.2) is 0 Å². The Morgan fingerprint density at radius 3 is 2.88 bits per heavy atom. The number of fused-ring (bicyclic) bond motifs is 1. The van der Waals surface area contributed by atoms with E-state index >= 15 is 0 Å². The number of hydrogen-bond acceptors (Lipinski definition) is 3. The van der Waals surface area contributed by atoms with Crippen molar-refractivity contribution in [3.8, 4) is 0 Å². The summed E-state index contributed by atoms with van der Waals surface area (Å²) in [7, 11) is 3.57. The zero-order valence-corrected chi connectivity index (χ0v) is 14.9. The van der Waals surface area contributed by atoms with E-state index < -0.39 is 0 Å². The van der Waals surface area contributed by atoms with Gasteiger partial charge >= 0.3 is 0 Å². The third-order valence-corrected chi connectivity index (χ3v) is 5.06. The molecule has 1 atom stereocenters. The molecule has 0 saturated carbocycles. The van der Waals surface area contributed by atoms with Gasteiger partial charge in [-0.2, -0.15) is 0 Å². The lowest BCUT2D eigenvalue weighted by molar-refractivity contribution is -0.137. The summed E-state index contributed by atoms with van der Waals surface area (Å²) in [5.41, 5.74) is 2.39. The average Bonchev–Trinajstić information content (AvgIpc) is 3.04. The number of rotatable bonds is 5. The quantitative estimate of drug-likeness (QED) is 0.863. The smallest absolute Gasteiger partial charge is 0.238 e. The van der Waals surface area contributed by atoms with Crippen LogP contribution in [0.5, 0.6) is 0 Å². The molecule has 0 spiro atoms. The zero-order chi connectivity index (χ0) is 17.8. The van der Waals surface area contributed by atoms with Crippen molar-refractivity contribution in [2.24, 2.45) is 0 Å². The summed E-state index contributed by atoms with van der Waals surface area (Å²) >= 11 is 0. The molecule has 0 unspecified atom stereocenters. The van der Waals surface area contributed by atoms with Crippen LogP contribution in [0.2, 0.25) is 0 Å². The number of aromatic nitrogens is 1. The van der Waals surface area contributed by atoms with Crippen LogP contribution >= 0.6 is 0 Å². The molecular formula is C19H26N4O2. The molecule has 6 nitrogen and oxygen atoms in total. The Morgan fingerprint density at radius 2 is 2.08 bits per heavy atom. The third-order valence-electron chi connectivity index (χ3n) is 5.06. The van der Waals surface area contributed by atoms with Gasteiger partial charge in [0, 0.05) is 50.2 Å². The second-order valence-electron chi connectivity index (χ2n) is 6.66. The first kappa shape index (κ1) is 17.5. The van der Waals surface area contributed by atoms with Crippen molar-refractivity contribution in [3.05, 3.63) is 36.0 Å². The summed E-state index contributed by atoms with van der Waals surface area (Å²) in [5, 5.41) is 3.91. The molecule has 2 heterocycles. The Balaban J connectivity index is 1.53. The molecule has 2 amide bonds. The molecule has 0 radical (unpaired) electrons. The molecule has 1 aliphatic rings. The predicted molar refractivity (Wildman–Crippen MR) is 98.3 cm³/mol. The number of carbonyl (C=O) groups is 2. The van der Waals surface area contributed by atoms with E-state index in [1.165, 1.54) is 10.9 Å². The molecule has 6 heteroatoms. The van der Waals surface area contributed by atoms with Crippen LogP contribution in [0, 0.1) is 0 Å². The number of likely N-dealkylation sites (N-methyl/N-ethyl adjacent to an activating group) is 2. The molecule has 2 N–H and O–H groups in total. The highest BCUT2D eigenvalue weighted by Gasteiger charge is 2.31. The Labute approximate surface area is 148 Å². The van der Waals surface area contributed by atoms with Crippen molar-refractivity contribution < 1.29 is 9.59 Å². The minimum absolute atomic E-state index is 0.0289. The molecule has 2 aromatic rings. The second kappa shape index (κ2) is 7.70. The van der Waals surface area contributed by atoms with Crippen LogP contribution in [0.3, 0.4) is 0 Å².